The van der Waals surface area contributed by atoms with Gasteiger partial charge in [-0.1, -0.05) is 18.0 Å². The third kappa shape index (κ3) is 4.22. The first-order valence-electron chi connectivity index (χ1n) is 9.24. The lowest BCUT2D eigenvalue weighted by Crippen LogP contribution is -2.40. The van der Waals surface area contributed by atoms with Crippen molar-refractivity contribution in [3.8, 4) is 0 Å². The number of carbonyl (C=O) groups is 1. The molecule has 1 aromatic rings. The summed E-state index contributed by atoms with van der Waals surface area (Å²) < 4.78 is 27.2. The first-order valence-corrected chi connectivity index (χ1v) is 11.1. The van der Waals surface area contributed by atoms with Gasteiger partial charge in [0.25, 0.3) is 0 Å². The van der Waals surface area contributed by atoms with Gasteiger partial charge in [0, 0.05) is 13.1 Å². The molecule has 2 aliphatic heterocycles. The van der Waals surface area contributed by atoms with Crippen LogP contribution in [0.25, 0.3) is 0 Å². The summed E-state index contributed by atoms with van der Waals surface area (Å²) in [5.74, 6) is -0.165. The van der Waals surface area contributed by atoms with E-state index in [4.69, 9.17) is 11.6 Å². The number of benzene rings is 1. The van der Waals surface area contributed by atoms with Gasteiger partial charge in [0.15, 0.2) is 0 Å². The summed E-state index contributed by atoms with van der Waals surface area (Å²) in [6.07, 6.45) is 5.01. The van der Waals surface area contributed by atoms with E-state index < -0.39 is 10.0 Å². The molecule has 0 saturated carbocycles. The van der Waals surface area contributed by atoms with Crippen LogP contribution in [0.3, 0.4) is 0 Å². The number of hydrogen-bond donors (Lipinski definition) is 1. The molecule has 26 heavy (non-hydrogen) atoms. The molecule has 3 rings (SSSR count). The number of amides is 1. The van der Waals surface area contributed by atoms with Crippen LogP contribution in [-0.2, 0) is 14.8 Å². The van der Waals surface area contributed by atoms with Gasteiger partial charge in [-0.15, -0.1) is 0 Å². The molecule has 2 saturated heterocycles. The Bertz CT molecular complexity index is 757. The zero-order valence-corrected chi connectivity index (χ0v) is 16.7. The van der Waals surface area contributed by atoms with Crippen molar-refractivity contribution >= 4 is 33.2 Å². The summed E-state index contributed by atoms with van der Waals surface area (Å²) in [4.78, 5) is 14.8. The minimum absolute atomic E-state index is 0.165. The van der Waals surface area contributed by atoms with Crippen LogP contribution in [0, 0.1) is 0 Å². The lowest BCUT2D eigenvalue weighted by molar-refractivity contribution is -0.120. The van der Waals surface area contributed by atoms with Crippen molar-refractivity contribution in [1.29, 1.82) is 0 Å². The van der Waals surface area contributed by atoms with E-state index in [1.54, 1.807) is 0 Å². The number of halogens is 1. The highest BCUT2D eigenvalue weighted by Crippen LogP contribution is 2.28. The van der Waals surface area contributed by atoms with E-state index in [-0.39, 0.29) is 16.8 Å². The molecule has 6 nitrogen and oxygen atoms in total. The average Bonchev–Trinajstić information content (AvgIpc) is 3.18. The molecule has 0 unspecified atom stereocenters. The normalized spacial score (nSPS) is 20.8. The van der Waals surface area contributed by atoms with Crippen LogP contribution in [0.2, 0.25) is 5.02 Å². The smallest absolute Gasteiger partial charge is 0.243 e. The fraction of sp³-hybridized carbons (Fsp3) is 0.611. The lowest BCUT2D eigenvalue weighted by atomic mass is 10.2. The molecule has 2 fully saturated rings. The zero-order valence-electron chi connectivity index (χ0n) is 15.1. The van der Waals surface area contributed by atoms with Crippen molar-refractivity contribution in [3.05, 3.63) is 23.2 Å². The van der Waals surface area contributed by atoms with Gasteiger partial charge in [-0.05, 0) is 63.9 Å². The van der Waals surface area contributed by atoms with Crippen LogP contribution in [-0.4, -0.2) is 55.8 Å². The van der Waals surface area contributed by atoms with E-state index in [9.17, 15) is 13.2 Å². The standard InChI is InChI=1S/C18H26ClN3O3S/c1-14(21-9-5-6-10-21)18(23)20-17-13-15(7-8-16(17)19)26(24,25)22-11-3-2-4-12-22/h7-8,13-14H,2-6,9-12H2,1H3,(H,20,23)/t14-/m1/s1. The Labute approximate surface area is 160 Å². The SMILES string of the molecule is C[C@H](C(=O)Nc1cc(S(=O)(=O)N2CCCCC2)ccc1Cl)N1CCCC1. The molecule has 8 heteroatoms. The number of nitrogens with zero attached hydrogens (tertiary/aromatic N) is 2. The Balaban J connectivity index is 1.77. The van der Waals surface area contributed by atoms with Crippen molar-refractivity contribution in [1.82, 2.24) is 9.21 Å². The average molecular weight is 400 g/mol. The van der Waals surface area contributed by atoms with Crippen LogP contribution in [0.1, 0.15) is 39.0 Å². The highest BCUT2D eigenvalue weighted by Gasteiger charge is 2.28. The number of carbonyl (C=O) groups excluding carboxylic acids is 1. The van der Waals surface area contributed by atoms with Crippen LogP contribution < -0.4 is 5.32 Å². The topological polar surface area (TPSA) is 69.7 Å². The molecular weight excluding hydrogens is 374 g/mol. The van der Waals surface area contributed by atoms with E-state index in [1.807, 2.05) is 6.92 Å². The molecule has 2 aliphatic rings. The predicted octanol–water partition coefficient (Wildman–Crippen LogP) is 2.94. The van der Waals surface area contributed by atoms with Crippen molar-refractivity contribution in [3.63, 3.8) is 0 Å². The second-order valence-electron chi connectivity index (χ2n) is 7.01. The molecule has 0 bridgehead atoms. The molecule has 0 aliphatic carbocycles. The summed E-state index contributed by atoms with van der Waals surface area (Å²) in [6.45, 7) is 4.76. The molecular formula is C18H26ClN3O3S. The quantitative estimate of drug-likeness (QED) is 0.826. The largest absolute Gasteiger partial charge is 0.323 e. The predicted molar refractivity (Wildman–Crippen MR) is 103 cm³/mol. The fourth-order valence-electron chi connectivity index (χ4n) is 3.55. The minimum Gasteiger partial charge on any atom is -0.323 e. The Kier molecular flexibility index (Phi) is 6.22. The van der Waals surface area contributed by atoms with Gasteiger partial charge in [-0.3, -0.25) is 9.69 Å². The van der Waals surface area contributed by atoms with Crippen LogP contribution in [0.15, 0.2) is 23.1 Å². The number of likely N-dealkylation sites (tertiary alicyclic amines) is 1. The Morgan fingerprint density at radius 2 is 1.69 bits per heavy atom. The van der Waals surface area contributed by atoms with Gasteiger partial charge in [-0.2, -0.15) is 4.31 Å². The third-order valence-corrected chi connectivity index (χ3v) is 7.44. The summed E-state index contributed by atoms with van der Waals surface area (Å²) in [5, 5.41) is 3.14. The number of rotatable bonds is 5. The zero-order chi connectivity index (χ0) is 18.7. The van der Waals surface area contributed by atoms with Gasteiger partial charge in [0.1, 0.15) is 0 Å². The van der Waals surface area contributed by atoms with Crippen molar-refractivity contribution < 1.29 is 13.2 Å². The van der Waals surface area contributed by atoms with Gasteiger partial charge in [0.05, 0.1) is 21.6 Å². The first-order chi connectivity index (χ1) is 12.4. The van der Waals surface area contributed by atoms with Crippen molar-refractivity contribution in [2.24, 2.45) is 0 Å². The lowest BCUT2D eigenvalue weighted by Gasteiger charge is -2.26. The second-order valence-corrected chi connectivity index (χ2v) is 9.36. The molecule has 1 aromatic carbocycles. The van der Waals surface area contributed by atoms with Gasteiger partial charge < -0.3 is 5.32 Å². The summed E-state index contributed by atoms with van der Waals surface area (Å²) >= 11 is 6.20. The van der Waals surface area contributed by atoms with E-state index in [0.29, 0.717) is 23.8 Å². The number of sulfonamides is 1. The van der Waals surface area contributed by atoms with E-state index in [2.05, 4.69) is 10.2 Å². The molecule has 1 N–H and O–H groups in total. The number of piperidine rings is 1. The molecule has 144 valence electrons. The third-order valence-electron chi connectivity index (χ3n) is 5.22. The van der Waals surface area contributed by atoms with Crippen LogP contribution in [0.4, 0.5) is 5.69 Å². The van der Waals surface area contributed by atoms with Gasteiger partial charge in [-0.25, -0.2) is 8.42 Å². The molecule has 0 aromatic heterocycles. The molecule has 0 radical (unpaired) electrons. The summed E-state index contributed by atoms with van der Waals surface area (Å²) in [5.41, 5.74) is 0.348. The maximum Gasteiger partial charge on any atom is 0.243 e. The van der Waals surface area contributed by atoms with Crippen molar-refractivity contribution in [2.45, 2.75) is 50.0 Å². The highest BCUT2D eigenvalue weighted by atomic mass is 35.5. The minimum atomic E-state index is -3.56. The summed E-state index contributed by atoms with van der Waals surface area (Å²) in [6, 6.07) is 4.25. The van der Waals surface area contributed by atoms with Crippen molar-refractivity contribution in [2.75, 3.05) is 31.5 Å². The maximum atomic E-state index is 12.8. The second kappa shape index (κ2) is 8.25. The van der Waals surface area contributed by atoms with Crippen LogP contribution >= 0.6 is 11.6 Å². The van der Waals surface area contributed by atoms with Crippen LogP contribution in [0.5, 0.6) is 0 Å². The van der Waals surface area contributed by atoms with E-state index >= 15 is 0 Å². The first kappa shape index (κ1) is 19.6. The molecule has 1 amide bonds. The van der Waals surface area contributed by atoms with Gasteiger partial charge in [0.2, 0.25) is 15.9 Å². The van der Waals surface area contributed by atoms with Gasteiger partial charge >= 0.3 is 0 Å². The maximum absolute atomic E-state index is 12.8. The number of hydrogen-bond acceptors (Lipinski definition) is 4. The summed E-state index contributed by atoms with van der Waals surface area (Å²) in [7, 11) is -3.56. The monoisotopic (exact) mass is 399 g/mol. The fourth-order valence-corrected chi connectivity index (χ4v) is 5.26. The Morgan fingerprint density at radius 3 is 2.35 bits per heavy atom. The molecule has 1 atom stereocenters. The molecule has 0 spiro atoms. The van der Waals surface area contributed by atoms with E-state index in [0.717, 1.165) is 45.2 Å². The molecule has 2 heterocycles. The van der Waals surface area contributed by atoms with E-state index in [1.165, 1.54) is 22.5 Å². The highest BCUT2D eigenvalue weighted by molar-refractivity contribution is 7.89. The number of anilines is 1. The number of nitrogens with one attached hydrogen (secondary N) is 1. The Morgan fingerprint density at radius 1 is 1.08 bits per heavy atom. The Hall–Kier alpha value is -1.15.